The van der Waals surface area contributed by atoms with Crippen molar-refractivity contribution in [2.45, 2.75) is 25.8 Å². The monoisotopic (exact) mass is 415 g/mol. The number of amides is 1. The minimum atomic E-state index is -0.926. The quantitative estimate of drug-likeness (QED) is 0.679. The number of nitrogens with zero attached hydrogens (tertiary/aromatic N) is 2. The minimum absolute atomic E-state index is 0.0626. The summed E-state index contributed by atoms with van der Waals surface area (Å²) < 4.78 is 0. The number of piperidine rings is 1. The van der Waals surface area contributed by atoms with Crippen molar-refractivity contribution in [3.63, 3.8) is 0 Å². The Morgan fingerprint density at radius 3 is 2.45 bits per heavy atom. The van der Waals surface area contributed by atoms with Crippen LogP contribution in [0.3, 0.4) is 0 Å². The van der Waals surface area contributed by atoms with Crippen LogP contribution in [-0.2, 0) is 11.3 Å². The van der Waals surface area contributed by atoms with E-state index in [9.17, 15) is 14.7 Å². The fraction of sp³-hybridized carbons (Fsp3) is 0.320. The van der Waals surface area contributed by atoms with Crippen LogP contribution < -0.4 is 5.32 Å². The summed E-state index contributed by atoms with van der Waals surface area (Å²) in [4.78, 5) is 31.3. The van der Waals surface area contributed by atoms with Crippen LogP contribution in [0.1, 0.15) is 35.2 Å². The number of likely N-dealkylation sites (tertiary alicyclic amines) is 1. The lowest BCUT2D eigenvalue weighted by Gasteiger charge is -2.38. The Bertz CT molecular complexity index is 1150. The Morgan fingerprint density at radius 1 is 1.06 bits per heavy atom. The molecular weight excluding hydrogens is 390 g/mol. The number of carbonyl (C=O) groups is 2. The number of nitrogens with one attached hydrogen (secondary N) is 1. The van der Waals surface area contributed by atoms with Crippen LogP contribution in [0.4, 0.5) is 0 Å². The van der Waals surface area contributed by atoms with Gasteiger partial charge in [0.25, 0.3) is 0 Å². The molecule has 1 amide bonds. The van der Waals surface area contributed by atoms with Crippen molar-refractivity contribution in [3.8, 4) is 11.3 Å². The van der Waals surface area contributed by atoms with Crippen LogP contribution in [-0.4, -0.2) is 46.5 Å². The molecule has 6 nitrogen and oxygen atoms in total. The number of fused-ring (bicyclic) bond motifs is 1. The average molecular weight is 415 g/mol. The van der Waals surface area contributed by atoms with Crippen LogP contribution in [0.2, 0.25) is 0 Å². The number of hydrogen-bond acceptors (Lipinski definition) is 4. The Hall–Kier alpha value is -3.25. The molecule has 1 aromatic heterocycles. The first-order valence-electron chi connectivity index (χ1n) is 10.7. The molecule has 0 saturated carbocycles. The molecule has 2 N–H and O–H groups in total. The maximum atomic E-state index is 12.4. The zero-order chi connectivity index (χ0) is 21.4. The molecule has 5 rings (SSSR count). The first kappa shape index (κ1) is 19.7. The van der Waals surface area contributed by atoms with Gasteiger partial charge < -0.3 is 10.4 Å². The Morgan fingerprint density at radius 2 is 1.77 bits per heavy atom. The summed E-state index contributed by atoms with van der Waals surface area (Å²) in [6, 6.07) is 17.3. The number of carbonyl (C=O) groups excluding carboxylic acids is 1. The lowest BCUT2D eigenvalue weighted by molar-refractivity contribution is -0.119. The normalized spacial score (nSPS) is 18.4. The molecule has 0 aliphatic carbocycles. The molecule has 2 aliphatic heterocycles. The van der Waals surface area contributed by atoms with Crippen molar-refractivity contribution in [2.24, 2.45) is 5.41 Å². The lowest BCUT2D eigenvalue weighted by Crippen LogP contribution is -2.41. The van der Waals surface area contributed by atoms with Gasteiger partial charge in [0.2, 0.25) is 5.91 Å². The molecule has 3 aromatic rings. The van der Waals surface area contributed by atoms with Crippen molar-refractivity contribution < 1.29 is 14.7 Å². The van der Waals surface area contributed by atoms with Crippen LogP contribution in [0.15, 0.2) is 54.6 Å². The molecule has 0 atom stereocenters. The minimum Gasteiger partial charge on any atom is -0.478 e. The topological polar surface area (TPSA) is 82.5 Å². The molecule has 2 saturated heterocycles. The van der Waals surface area contributed by atoms with E-state index in [1.807, 2.05) is 54.6 Å². The smallest absolute Gasteiger partial charge is 0.336 e. The summed E-state index contributed by atoms with van der Waals surface area (Å²) in [6.07, 6.45) is 2.49. The molecule has 0 radical (unpaired) electrons. The number of aromatic carboxylic acids is 1. The number of benzene rings is 2. The van der Waals surface area contributed by atoms with Crippen molar-refractivity contribution in [1.29, 1.82) is 0 Å². The Kier molecular flexibility index (Phi) is 4.94. The largest absolute Gasteiger partial charge is 0.478 e. The third-order valence-corrected chi connectivity index (χ3v) is 6.75. The van der Waals surface area contributed by atoms with Gasteiger partial charge in [0.15, 0.2) is 0 Å². The molecule has 158 valence electrons. The number of pyridine rings is 1. The second-order valence-electron chi connectivity index (χ2n) is 8.73. The molecule has 2 aliphatic rings. The van der Waals surface area contributed by atoms with E-state index in [0.717, 1.165) is 49.3 Å². The highest BCUT2D eigenvalue weighted by molar-refractivity contribution is 6.05. The van der Waals surface area contributed by atoms with Gasteiger partial charge in [-0.1, -0.05) is 48.5 Å². The Labute approximate surface area is 180 Å². The van der Waals surface area contributed by atoms with Gasteiger partial charge in [0.1, 0.15) is 0 Å². The molecule has 6 heteroatoms. The molecule has 31 heavy (non-hydrogen) atoms. The number of carboxylic acids is 1. The molecule has 2 fully saturated rings. The number of rotatable bonds is 4. The van der Waals surface area contributed by atoms with Gasteiger partial charge in [-0.05, 0) is 37.4 Å². The third kappa shape index (κ3) is 3.68. The summed E-state index contributed by atoms with van der Waals surface area (Å²) in [5, 5.41) is 13.8. The third-order valence-electron chi connectivity index (χ3n) is 6.75. The van der Waals surface area contributed by atoms with Crippen LogP contribution in [0.5, 0.6) is 0 Å². The highest BCUT2D eigenvalue weighted by atomic mass is 16.4. The predicted octanol–water partition coefficient (Wildman–Crippen LogP) is 3.70. The zero-order valence-electron chi connectivity index (χ0n) is 17.3. The lowest BCUT2D eigenvalue weighted by atomic mass is 9.77. The van der Waals surface area contributed by atoms with E-state index in [4.69, 9.17) is 4.98 Å². The maximum Gasteiger partial charge on any atom is 0.336 e. The number of para-hydroxylation sites is 1. The summed E-state index contributed by atoms with van der Waals surface area (Å²) in [7, 11) is 0. The van der Waals surface area contributed by atoms with E-state index >= 15 is 0 Å². The molecule has 0 unspecified atom stereocenters. The van der Waals surface area contributed by atoms with E-state index in [2.05, 4.69) is 10.2 Å². The van der Waals surface area contributed by atoms with Crippen molar-refractivity contribution >= 4 is 22.8 Å². The Balaban J connectivity index is 1.55. The van der Waals surface area contributed by atoms with Crippen molar-refractivity contribution in [2.75, 3.05) is 19.6 Å². The van der Waals surface area contributed by atoms with E-state index < -0.39 is 5.97 Å². The summed E-state index contributed by atoms with van der Waals surface area (Å²) in [5.74, 6) is -0.781. The molecule has 0 bridgehead atoms. The van der Waals surface area contributed by atoms with Crippen molar-refractivity contribution in [1.82, 2.24) is 15.2 Å². The van der Waals surface area contributed by atoms with Crippen LogP contribution in [0.25, 0.3) is 22.2 Å². The number of hydrogen-bond donors (Lipinski definition) is 2. The molecule has 3 heterocycles. The number of carboxylic acid groups (broad SMARTS) is 1. The average Bonchev–Trinajstić information content (AvgIpc) is 3.15. The van der Waals surface area contributed by atoms with Gasteiger partial charge in [-0.2, -0.15) is 0 Å². The second kappa shape index (κ2) is 7.78. The predicted molar refractivity (Wildman–Crippen MR) is 119 cm³/mol. The summed E-state index contributed by atoms with van der Waals surface area (Å²) in [5.41, 5.74) is 3.50. The van der Waals surface area contributed by atoms with Crippen LogP contribution >= 0.6 is 0 Å². The van der Waals surface area contributed by atoms with Crippen molar-refractivity contribution in [3.05, 3.63) is 65.7 Å². The van der Waals surface area contributed by atoms with E-state index in [1.165, 1.54) is 0 Å². The maximum absolute atomic E-state index is 12.4. The summed E-state index contributed by atoms with van der Waals surface area (Å²) >= 11 is 0. The summed E-state index contributed by atoms with van der Waals surface area (Å²) in [6.45, 7) is 2.97. The molecule has 2 aromatic carbocycles. The molecule has 1 spiro atoms. The SMILES string of the molecule is O=C1CC2(CCN(Cc3c(-c4ccccc4)nc4ccccc4c3C(=O)O)CC2)CN1. The van der Waals surface area contributed by atoms with E-state index in [1.54, 1.807) is 0 Å². The highest BCUT2D eigenvalue weighted by Crippen LogP contribution is 2.39. The van der Waals surface area contributed by atoms with Gasteiger partial charge >= 0.3 is 5.97 Å². The van der Waals surface area contributed by atoms with E-state index in [0.29, 0.717) is 29.4 Å². The number of aromatic nitrogens is 1. The zero-order valence-corrected chi connectivity index (χ0v) is 17.3. The van der Waals surface area contributed by atoms with Gasteiger partial charge in [0, 0.05) is 36.0 Å². The molecular formula is C25H25N3O3. The van der Waals surface area contributed by atoms with Gasteiger partial charge in [-0.25, -0.2) is 9.78 Å². The van der Waals surface area contributed by atoms with Crippen LogP contribution in [0, 0.1) is 5.41 Å². The highest BCUT2D eigenvalue weighted by Gasteiger charge is 2.41. The van der Waals surface area contributed by atoms with E-state index in [-0.39, 0.29) is 11.3 Å². The van der Waals surface area contributed by atoms with Gasteiger partial charge in [-0.3, -0.25) is 9.69 Å². The fourth-order valence-corrected chi connectivity index (χ4v) is 5.00. The standard InChI is InChI=1S/C25H25N3O3/c29-21-14-25(16-26-21)10-12-28(13-11-25)15-19-22(24(30)31)18-8-4-5-9-20(18)27-23(19)17-6-2-1-3-7-17/h1-9H,10-16H2,(H,26,29)(H,30,31). The second-order valence-corrected chi connectivity index (χ2v) is 8.73. The van der Waals surface area contributed by atoms with Gasteiger partial charge in [-0.15, -0.1) is 0 Å². The first-order valence-corrected chi connectivity index (χ1v) is 10.7. The fourth-order valence-electron chi connectivity index (χ4n) is 5.00. The van der Waals surface area contributed by atoms with Gasteiger partial charge in [0.05, 0.1) is 16.8 Å². The first-order chi connectivity index (χ1) is 15.0.